The van der Waals surface area contributed by atoms with Crippen LogP contribution < -0.4 is 0 Å². The van der Waals surface area contributed by atoms with Crippen LogP contribution in [-0.2, 0) is 4.79 Å². The van der Waals surface area contributed by atoms with Gasteiger partial charge in [0.25, 0.3) is 0 Å². The van der Waals surface area contributed by atoms with Crippen molar-refractivity contribution in [3.63, 3.8) is 0 Å². The van der Waals surface area contributed by atoms with Crippen molar-refractivity contribution in [2.24, 2.45) is 5.92 Å². The minimum Gasteiger partial charge on any atom is -0.481 e. The summed E-state index contributed by atoms with van der Waals surface area (Å²) in [5, 5.41) is 8.60. The van der Waals surface area contributed by atoms with E-state index in [1.54, 1.807) is 0 Å². The molecular formula is C13H27NO2. The van der Waals surface area contributed by atoms with E-state index < -0.39 is 5.97 Å². The maximum atomic E-state index is 10.4. The highest BCUT2D eigenvalue weighted by Crippen LogP contribution is 2.08. The number of hydrogen-bond donors (Lipinski definition) is 1. The summed E-state index contributed by atoms with van der Waals surface area (Å²) in [6.07, 6.45) is 3.51. The SMILES string of the molecule is CC(C)CCCN(CCCC(=O)O)C(C)C. The minimum atomic E-state index is -0.689. The average Bonchev–Trinajstić information content (AvgIpc) is 2.14. The number of rotatable bonds is 9. The number of hydrogen-bond acceptors (Lipinski definition) is 2. The van der Waals surface area contributed by atoms with Crippen LogP contribution in [0.1, 0.15) is 53.4 Å². The molecular weight excluding hydrogens is 202 g/mol. The number of carboxylic acid groups (broad SMARTS) is 1. The summed E-state index contributed by atoms with van der Waals surface area (Å²) >= 11 is 0. The molecule has 0 unspecified atom stereocenters. The van der Waals surface area contributed by atoms with Gasteiger partial charge in [-0.1, -0.05) is 13.8 Å². The lowest BCUT2D eigenvalue weighted by Gasteiger charge is -2.26. The first-order valence-corrected chi connectivity index (χ1v) is 6.39. The van der Waals surface area contributed by atoms with Crippen molar-refractivity contribution in [1.29, 1.82) is 0 Å². The van der Waals surface area contributed by atoms with Crippen molar-refractivity contribution in [2.45, 2.75) is 59.4 Å². The summed E-state index contributed by atoms with van der Waals surface area (Å²) in [5.41, 5.74) is 0. The van der Waals surface area contributed by atoms with E-state index >= 15 is 0 Å². The lowest BCUT2D eigenvalue weighted by atomic mass is 10.1. The van der Waals surface area contributed by atoms with Crippen molar-refractivity contribution in [3.05, 3.63) is 0 Å². The summed E-state index contributed by atoms with van der Waals surface area (Å²) in [4.78, 5) is 12.8. The number of carbonyl (C=O) groups is 1. The van der Waals surface area contributed by atoms with Gasteiger partial charge in [0, 0.05) is 12.5 Å². The van der Waals surface area contributed by atoms with E-state index in [9.17, 15) is 4.79 Å². The van der Waals surface area contributed by atoms with E-state index in [-0.39, 0.29) is 6.42 Å². The quantitative estimate of drug-likeness (QED) is 0.660. The Balaban J connectivity index is 3.75. The molecule has 0 aromatic rings. The Morgan fingerprint density at radius 3 is 2.12 bits per heavy atom. The Labute approximate surface area is 99.8 Å². The van der Waals surface area contributed by atoms with Crippen molar-refractivity contribution < 1.29 is 9.90 Å². The Morgan fingerprint density at radius 1 is 1.12 bits per heavy atom. The zero-order chi connectivity index (χ0) is 12.6. The van der Waals surface area contributed by atoms with Crippen LogP contribution >= 0.6 is 0 Å². The van der Waals surface area contributed by atoms with E-state index in [4.69, 9.17) is 5.11 Å². The number of nitrogens with zero attached hydrogens (tertiary/aromatic N) is 1. The fourth-order valence-electron chi connectivity index (χ4n) is 1.76. The average molecular weight is 229 g/mol. The molecule has 0 heterocycles. The van der Waals surface area contributed by atoms with Crippen molar-refractivity contribution in [2.75, 3.05) is 13.1 Å². The predicted octanol–water partition coefficient (Wildman–Crippen LogP) is 3.00. The van der Waals surface area contributed by atoms with E-state index in [0.29, 0.717) is 6.04 Å². The highest BCUT2D eigenvalue weighted by Gasteiger charge is 2.09. The molecule has 0 aliphatic rings. The molecule has 0 spiro atoms. The molecule has 1 N–H and O–H groups in total. The zero-order valence-corrected chi connectivity index (χ0v) is 11.2. The number of aliphatic carboxylic acids is 1. The first kappa shape index (κ1) is 15.4. The summed E-state index contributed by atoms with van der Waals surface area (Å²) in [6, 6.07) is 0.515. The Bertz CT molecular complexity index is 190. The largest absolute Gasteiger partial charge is 0.481 e. The lowest BCUT2D eigenvalue weighted by Crippen LogP contribution is -2.33. The standard InChI is InChI=1S/C13H27NO2/c1-11(2)7-5-9-14(12(3)4)10-6-8-13(15)16/h11-12H,5-10H2,1-4H3,(H,15,16). The molecule has 0 saturated carbocycles. The van der Waals surface area contributed by atoms with Crippen LogP contribution in [0.15, 0.2) is 0 Å². The van der Waals surface area contributed by atoms with Crippen LogP contribution in [0.3, 0.4) is 0 Å². The van der Waals surface area contributed by atoms with E-state index in [1.165, 1.54) is 12.8 Å². The van der Waals surface area contributed by atoms with Crippen LogP contribution in [0.5, 0.6) is 0 Å². The highest BCUT2D eigenvalue weighted by atomic mass is 16.4. The topological polar surface area (TPSA) is 40.5 Å². The fraction of sp³-hybridized carbons (Fsp3) is 0.923. The van der Waals surface area contributed by atoms with Crippen LogP contribution in [-0.4, -0.2) is 35.1 Å². The zero-order valence-electron chi connectivity index (χ0n) is 11.2. The molecule has 0 radical (unpaired) electrons. The van der Waals surface area contributed by atoms with Gasteiger partial charge in [0.15, 0.2) is 0 Å². The Hall–Kier alpha value is -0.570. The van der Waals surface area contributed by atoms with Gasteiger partial charge in [-0.3, -0.25) is 4.79 Å². The molecule has 96 valence electrons. The molecule has 3 nitrogen and oxygen atoms in total. The molecule has 0 fully saturated rings. The summed E-state index contributed by atoms with van der Waals surface area (Å²) in [6.45, 7) is 10.8. The molecule has 0 aromatic heterocycles. The summed E-state index contributed by atoms with van der Waals surface area (Å²) in [5.74, 6) is 0.0684. The monoisotopic (exact) mass is 229 g/mol. The predicted molar refractivity (Wildman–Crippen MR) is 67.7 cm³/mol. The lowest BCUT2D eigenvalue weighted by molar-refractivity contribution is -0.137. The third kappa shape index (κ3) is 8.72. The molecule has 0 rings (SSSR count). The molecule has 0 atom stereocenters. The minimum absolute atomic E-state index is 0.285. The molecule has 0 saturated heterocycles. The molecule has 0 bridgehead atoms. The van der Waals surface area contributed by atoms with Gasteiger partial charge in [0.1, 0.15) is 0 Å². The van der Waals surface area contributed by atoms with Gasteiger partial charge in [-0.05, 0) is 52.1 Å². The van der Waals surface area contributed by atoms with Gasteiger partial charge in [0.2, 0.25) is 0 Å². The van der Waals surface area contributed by atoms with Crippen LogP contribution in [0.2, 0.25) is 0 Å². The third-order valence-electron chi connectivity index (χ3n) is 2.79. The summed E-state index contributed by atoms with van der Waals surface area (Å²) in [7, 11) is 0. The maximum absolute atomic E-state index is 10.4. The van der Waals surface area contributed by atoms with Gasteiger partial charge in [-0.2, -0.15) is 0 Å². The Morgan fingerprint density at radius 2 is 1.69 bits per heavy atom. The van der Waals surface area contributed by atoms with E-state index in [2.05, 4.69) is 32.6 Å². The van der Waals surface area contributed by atoms with Crippen molar-refractivity contribution in [3.8, 4) is 0 Å². The molecule has 3 heteroatoms. The second-order valence-corrected chi connectivity index (χ2v) is 5.16. The van der Waals surface area contributed by atoms with Gasteiger partial charge < -0.3 is 10.0 Å². The highest BCUT2D eigenvalue weighted by molar-refractivity contribution is 5.66. The van der Waals surface area contributed by atoms with Gasteiger partial charge in [0.05, 0.1) is 0 Å². The maximum Gasteiger partial charge on any atom is 0.303 e. The second-order valence-electron chi connectivity index (χ2n) is 5.16. The molecule has 0 aromatic carbocycles. The van der Waals surface area contributed by atoms with E-state index in [1.807, 2.05) is 0 Å². The second kappa shape index (κ2) is 8.57. The normalized spacial score (nSPS) is 11.7. The number of carboxylic acids is 1. The van der Waals surface area contributed by atoms with E-state index in [0.717, 1.165) is 25.4 Å². The van der Waals surface area contributed by atoms with Crippen LogP contribution in [0, 0.1) is 5.92 Å². The van der Waals surface area contributed by atoms with Gasteiger partial charge in [-0.15, -0.1) is 0 Å². The fourth-order valence-corrected chi connectivity index (χ4v) is 1.76. The molecule has 0 aliphatic carbocycles. The smallest absolute Gasteiger partial charge is 0.303 e. The third-order valence-corrected chi connectivity index (χ3v) is 2.79. The van der Waals surface area contributed by atoms with Crippen molar-refractivity contribution in [1.82, 2.24) is 4.90 Å². The van der Waals surface area contributed by atoms with Gasteiger partial charge in [-0.25, -0.2) is 0 Å². The molecule has 0 amide bonds. The molecule has 16 heavy (non-hydrogen) atoms. The molecule has 0 aliphatic heterocycles. The van der Waals surface area contributed by atoms with Crippen LogP contribution in [0.25, 0.3) is 0 Å². The summed E-state index contributed by atoms with van der Waals surface area (Å²) < 4.78 is 0. The van der Waals surface area contributed by atoms with Crippen LogP contribution in [0.4, 0.5) is 0 Å². The Kier molecular flexibility index (Phi) is 8.26. The first-order chi connectivity index (χ1) is 7.43. The van der Waals surface area contributed by atoms with Gasteiger partial charge >= 0.3 is 5.97 Å². The first-order valence-electron chi connectivity index (χ1n) is 6.39. The van der Waals surface area contributed by atoms with Crippen molar-refractivity contribution >= 4 is 5.97 Å².